The third-order valence-corrected chi connectivity index (χ3v) is 5.43. The predicted molar refractivity (Wildman–Crippen MR) is 108 cm³/mol. The van der Waals surface area contributed by atoms with E-state index in [2.05, 4.69) is 34.0 Å². The van der Waals surface area contributed by atoms with Crippen LogP contribution in [0.3, 0.4) is 0 Å². The summed E-state index contributed by atoms with van der Waals surface area (Å²) < 4.78 is 28.0. The topological polar surface area (TPSA) is 70.3 Å². The van der Waals surface area contributed by atoms with Crippen LogP contribution in [-0.2, 0) is 6.54 Å². The number of anilines is 3. The number of halogens is 2. The number of benzene rings is 1. The molecule has 3 N–H and O–H groups in total. The zero-order valence-corrected chi connectivity index (χ0v) is 16.8. The number of nitrogens with two attached hydrogens (primary N) is 1. The molecule has 6 nitrogen and oxygen atoms in total. The van der Waals surface area contributed by atoms with Crippen molar-refractivity contribution in [3.63, 3.8) is 0 Å². The van der Waals surface area contributed by atoms with E-state index >= 15 is 0 Å². The van der Waals surface area contributed by atoms with Crippen molar-refractivity contribution in [3.05, 3.63) is 41.5 Å². The molecule has 0 saturated carbocycles. The second-order valence-electron chi connectivity index (χ2n) is 7.68. The van der Waals surface area contributed by atoms with Crippen molar-refractivity contribution in [2.75, 3.05) is 35.7 Å². The van der Waals surface area contributed by atoms with Crippen molar-refractivity contribution in [2.45, 2.75) is 39.4 Å². The number of nitrogens with one attached hydrogen (secondary N) is 1. The fourth-order valence-corrected chi connectivity index (χ4v) is 3.24. The Kier molecular flexibility index (Phi) is 5.98. The lowest BCUT2D eigenvalue weighted by Crippen LogP contribution is -2.57. The molecule has 28 heavy (non-hydrogen) atoms. The van der Waals surface area contributed by atoms with Crippen molar-refractivity contribution < 1.29 is 8.78 Å². The van der Waals surface area contributed by atoms with E-state index in [-0.39, 0.29) is 30.0 Å². The Morgan fingerprint density at radius 1 is 1.21 bits per heavy atom. The molecule has 0 radical (unpaired) electrons. The molecule has 1 aliphatic heterocycles. The quantitative estimate of drug-likeness (QED) is 0.758. The highest BCUT2D eigenvalue weighted by atomic mass is 19.1. The Balaban J connectivity index is 1.94. The first-order valence-corrected chi connectivity index (χ1v) is 9.55. The lowest BCUT2D eigenvalue weighted by molar-refractivity contribution is 0.446. The van der Waals surface area contributed by atoms with E-state index in [0.29, 0.717) is 11.9 Å². The Hall–Kier alpha value is -2.48. The summed E-state index contributed by atoms with van der Waals surface area (Å²) in [5.41, 5.74) is 6.26. The van der Waals surface area contributed by atoms with Gasteiger partial charge in [-0.3, -0.25) is 0 Å². The molecular weight excluding hydrogens is 362 g/mol. The van der Waals surface area contributed by atoms with E-state index < -0.39 is 11.6 Å². The van der Waals surface area contributed by atoms with Gasteiger partial charge in [0.15, 0.2) is 0 Å². The molecule has 1 aliphatic rings. The molecule has 1 aromatic carbocycles. The highest BCUT2D eigenvalue weighted by molar-refractivity contribution is 5.56. The molecule has 152 valence electrons. The zero-order valence-electron chi connectivity index (χ0n) is 16.8. The predicted octanol–water partition coefficient (Wildman–Crippen LogP) is 2.80. The number of nitrogen functional groups attached to an aromatic ring is 1. The van der Waals surface area contributed by atoms with E-state index in [1.165, 1.54) is 6.07 Å². The van der Waals surface area contributed by atoms with Gasteiger partial charge in [-0.2, -0.15) is 9.97 Å². The monoisotopic (exact) mass is 390 g/mol. The number of likely N-dealkylation sites (N-methyl/N-ethyl adjacent to an activating group) is 1. The van der Waals surface area contributed by atoms with Crippen LogP contribution in [0.2, 0.25) is 0 Å². The van der Waals surface area contributed by atoms with Crippen LogP contribution in [0.1, 0.15) is 26.3 Å². The molecule has 1 aromatic heterocycles. The van der Waals surface area contributed by atoms with E-state index in [4.69, 9.17) is 5.73 Å². The van der Waals surface area contributed by atoms with Crippen LogP contribution in [0.4, 0.5) is 26.4 Å². The first kappa shape index (κ1) is 20.3. The van der Waals surface area contributed by atoms with Crippen LogP contribution >= 0.6 is 0 Å². The lowest BCUT2D eigenvalue weighted by Gasteiger charge is -2.40. The highest BCUT2D eigenvalue weighted by Gasteiger charge is 2.28. The summed E-state index contributed by atoms with van der Waals surface area (Å²) in [5, 5.41) is 3.23. The van der Waals surface area contributed by atoms with E-state index in [9.17, 15) is 8.78 Å². The summed E-state index contributed by atoms with van der Waals surface area (Å²) in [6, 6.07) is 5.84. The summed E-state index contributed by atoms with van der Waals surface area (Å²) in [6.45, 7) is 8.07. The molecule has 0 bridgehead atoms. The van der Waals surface area contributed by atoms with Gasteiger partial charge in [-0.25, -0.2) is 8.78 Å². The van der Waals surface area contributed by atoms with Crippen LogP contribution in [0.25, 0.3) is 0 Å². The molecule has 8 heteroatoms. The van der Waals surface area contributed by atoms with Gasteiger partial charge in [0.2, 0.25) is 5.95 Å². The van der Waals surface area contributed by atoms with E-state index in [0.717, 1.165) is 31.0 Å². The minimum atomic E-state index is -0.463. The van der Waals surface area contributed by atoms with Crippen LogP contribution < -0.4 is 20.9 Å². The zero-order chi connectivity index (χ0) is 20.4. The molecular formula is C20H28F2N6. The Labute approximate surface area is 164 Å². The maximum absolute atomic E-state index is 14.3. The summed E-state index contributed by atoms with van der Waals surface area (Å²) in [4.78, 5) is 12.8. The van der Waals surface area contributed by atoms with Gasteiger partial charge >= 0.3 is 0 Å². The number of hydrogen-bond donors (Lipinski definition) is 2. The summed E-state index contributed by atoms with van der Waals surface area (Å²) in [7, 11) is 1.93. The summed E-state index contributed by atoms with van der Waals surface area (Å²) >= 11 is 0. The molecule has 0 unspecified atom stereocenters. The Morgan fingerprint density at radius 3 is 2.57 bits per heavy atom. The fraction of sp³-hybridized carbons (Fsp3) is 0.500. The first-order chi connectivity index (χ1) is 13.3. The number of aromatic nitrogens is 2. The van der Waals surface area contributed by atoms with E-state index in [1.54, 1.807) is 0 Å². The van der Waals surface area contributed by atoms with Gasteiger partial charge in [-0.15, -0.1) is 0 Å². The van der Waals surface area contributed by atoms with Gasteiger partial charge in [-0.1, -0.05) is 13.8 Å². The Morgan fingerprint density at radius 2 is 1.93 bits per heavy atom. The molecule has 0 aliphatic carbocycles. The van der Waals surface area contributed by atoms with Crippen molar-refractivity contribution in [1.82, 2.24) is 15.3 Å². The molecule has 1 atom stereocenters. The molecule has 0 amide bonds. The van der Waals surface area contributed by atoms with Crippen molar-refractivity contribution in [2.24, 2.45) is 5.92 Å². The van der Waals surface area contributed by atoms with Crippen LogP contribution in [0, 0.1) is 17.6 Å². The largest absolute Gasteiger partial charge is 0.368 e. The molecule has 0 spiro atoms. The second kappa shape index (κ2) is 8.26. The third-order valence-electron chi connectivity index (χ3n) is 5.43. The van der Waals surface area contributed by atoms with Gasteiger partial charge in [0, 0.05) is 43.3 Å². The van der Waals surface area contributed by atoms with Crippen molar-refractivity contribution >= 4 is 17.6 Å². The normalized spacial score (nSPS) is 15.6. The SMILES string of the molecule is CNC1CN(c2cc(N(Cc3cc(F)ccc3F)[C@@H](C)C(C)C)nc(N)n2)C1. The molecule has 1 saturated heterocycles. The fourth-order valence-electron chi connectivity index (χ4n) is 3.24. The molecule has 3 rings (SSSR count). The van der Waals surface area contributed by atoms with Crippen molar-refractivity contribution in [3.8, 4) is 0 Å². The summed E-state index contributed by atoms with van der Waals surface area (Å²) in [5.74, 6) is 0.893. The molecule has 2 aromatic rings. The van der Waals surface area contributed by atoms with Gasteiger partial charge in [0.05, 0.1) is 0 Å². The maximum Gasteiger partial charge on any atom is 0.223 e. The summed E-state index contributed by atoms with van der Waals surface area (Å²) in [6.07, 6.45) is 0. The average molecular weight is 390 g/mol. The second-order valence-corrected chi connectivity index (χ2v) is 7.68. The molecule has 2 heterocycles. The van der Waals surface area contributed by atoms with Crippen LogP contribution in [-0.4, -0.2) is 42.2 Å². The maximum atomic E-state index is 14.3. The average Bonchev–Trinajstić information content (AvgIpc) is 2.60. The standard InChI is InChI=1S/C20H28F2N6/c1-12(2)13(3)28(9-14-7-15(21)5-6-17(14)22)19-8-18(25-20(23)26-19)27-10-16(11-27)24-4/h5-8,12-13,16,24H,9-11H2,1-4H3,(H2,23,25,26)/t13-/m0/s1. The Bertz CT molecular complexity index is 822. The van der Waals surface area contributed by atoms with Gasteiger partial charge in [0.1, 0.15) is 23.3 Å². The van der Waals surface area contributed by atoms with Crippen LogP contribution in [0.15, 0.2) is 24.3 Å². The van der Waals surface area contributed by atoms with Gasteiger partial charge < -0.3 is 20.9 Å². The van der Waals surface area contributed by atoms with Gasteiger partial charge in [-0.05, 0) is 38.1 Å². The lowest BCUT2D eigenvalue weighted by atomic mass is 10.0. The van der Waals surface area contributed by atoms with Crippen molar-refractivity contribution in [1.29, 1.82) is 0 Å². The number of nitrogens with zero attached hydrogens (tertiary/aromatic N) is 4. The molecule has 1 fully saturated rings. The number of rotatable bonds is 7. The van der Waals surface area contributed by atoms with Crippen LogP contribution in [0.5, 0.6) is 0 Å². The van der Waals surface area contributed by atoms with E-state index in [1.807, 2.05) is 24.9 Å². The third kappa shape index (κ3) is 4.32. The minimum Gasteiger partial charge on any atom is -0.368 e. The number of hydrogen-bond acceptors (Lipinski definition) is 6. The first-order valence-electron chi connectivity index (χ1n) is 9.55. The smallest absolute Gasteiger partial charge is 0.223 e. The van der Waals surface area contributed by atoms with Gasteiger partial charge in [0.25, 0.3) is 0 Å². The highest BCUT2D eigenvalue weighted by Crippen LogP contribution is 2.28. The minimum absolute atomic E-state index is 0.0336.